The predicted octanol–water partition coefficient (Wildman–Crippen LogP) is 3.24. The zero-order valence-electron chi connectivity index (χ0n) is 14.3. The number of carbonyl (C=O) groups is 1. The molecule has 0 aliphatic carbocycles. The third kappa shape index (κ3) is 3.25. The van der Waals surface area contributed by atoms with Gasteiger partial charge in [-0.15, -0.1) is 11.3 Å². The number of ether oxygens (including phenoxy) is 2. The summed E-state index contributed by atoms with van der Waals surface area (Å²) in [6, 6.07) is 3.97. The van der Waals surface area contributed by atoms with Gasteiger partial charge in [0.2, 0.25) is 0 Å². The Morgan fingerprint density at radius 2 is 2.12 bits per heavy atom. The van der Waals surface area contributed by atoms with Crippen molar-refractivity contribution >= 4 is 34.1 Å². The molecular weight excluding hydrogens is 352 g/mol. The largest absolute Gasteiger partial charge is 0.494 e. The number of methoxy groups -OCH3 is 1. The van der Waals surface area contributed by atoms with Gasteiger partial charge < -0.3 is 14.8 Å². The highest BCUT2D eigenvalue weighted by atomic mass is 32.1. The molecule has 134 valence electrons. The van der Waals surface area contributed by atoms with Crippen LogP contribution in [0.5, 0.6) is 5.75 Å². The van der Waals surface area contributed by atoms with Crippen LogP contribution in [0, 0.1) is 0 Å². The van der Waals surface area contributed by atoms with Crippen LogP contribution < -0.4 is 10.1 Å². The van der Waals surface area contributed by atoms with Crippen LogP contribution in [0.4, 0.5) is 5.82 Å². The Hall–Kier alpha value is -2.58. The highest BCUT2D eigenvalue weighted by Crippen LogP contribution is 2.35. The molecule has 8 heteroatoms. The number of carbonyl (C=O) groups excluding carboxylic acids is 1. The standard InChI is InChI=1S/C18H18N4O3S/c1-24-13-3-2-12(11-4-6-25-7-5-11)16-17(13)21-15(9-20-16)22-18(23)14-8-19-10-26-14/h2-3,8-11H,4-7H2,1H3,(H,21,22,23). The molecule has 0 spiro atoms. The normalized spacial score (nSPS) is 15.1. The molecule has 7 nitrogen and oxygen atoms in total. The van der Waals surface area contributed by atoms with E-state index in [4.69, 9.17) is 9.47 Å². The van der Waals surface area contributed by atoms with E-state index in [0.717, 1.165) is 37.1 Å². The molecule has 1 amide bonds. The number of benzene rings is 1. The van der Waals surface area contributed by atoms with Gasteiger partial charge in [0.05, 0.1) is 30.5 Å². The van der Waals surface area contributed by atoms with Gasteiger partial charge in [-0.3, -0.25) is 14.8 Å². The summed E-state index contributed by atoms with van der Waals surface area (Å²) in [4.78, 5) is 25.8. The molecular formula is C18H18N4O3S. The number of rotatable bonds is 4. The highest BCUT2D eigenvalue weighted by Gasteiger charge is 2.21. The van der Waals surface area contributed by atoms with E-state index in [0.29, 0.717) is 27.9 Å². The van der Waals surface area contributed by atoms with Crippen molar-refractivity contribution in [3.8, 4) is 5.75 Å². The molecule has 3 heterocycles. The van der Waals surface area contributed by atoms with Crippen LogP contribution in [0.25, 0.3) is 11.0 Å². The number of aromatic nitrogens is 3. The van der Waals surface area contributed by atoms with Gasteiger partial charge in [0.25, 0.3) is 5.91 Å². The van der Waals surface area contributed by atoms with Crippen molar-refractivity contribution in [3.63, 3.8) is 0 Å². The van der Waals surface area contributed by atoms with Crippen LogP contribution in [0.2, 0.25) is 0 Å². The van der Waals surface area contributed by atoms with E-state index in [1.807, 2.05) is 6.07 Å². The fraction of sp³-hybridized carbons (Fsp3) is 0.333. The lowest BCUT2D eigenvalue weighted by Gasteiger charge is -2.23. The summed E-state index contributed by atoms with van der Waals surface area (Å²) in [5, 5.41) is 2.77. The van der Waals surface area contributed by atoms with Crippen molar-refractivity contribution in [2.24, 2.45) is 0 Å². The first-order valence-electron chi connectivity index (χ1n) is 8.37. The van der Waals surface area contributed by atoms with Crippen molar-refractivity contribution in [2.75, 3.05) is 25.6 Å². The van der Waals surface area contributed by atoms with Gasteiger partial charge in [0, 0.05) is 13.2 Å². The maximum Gasteiger partial charge on any atom is 0.268 e. The second-order valence-electron chi connectivity index (χ2n) is 6.02. The lowest BCUT2D eigenvalue weighted by atomic mass is 9.90. The minimum Gasteiger partial charge on any atom is -0.494 e. The average molecular weight is 370 g/mol. The van der Waals surface area contributed by atoms with E-state index in [9.17, 15) is 4.79 Å². The molecule has 3 aromatic rings. The number of thiazole rings is 1. The molecule has 2 aromatic heterocycles. The van der Waals surface area contributed by atoms with E-state index in [1.165, 1.54) is 17.5 Å². The molecule has 0 saturated carbocycles. The van der Waals surface area contributed by atoms with E-state index < -0.39 is 0 Å². The van der Waals surface area contributed by atoms with Gasteiger partial charge in [-0.1, -0.05) is 6.07 Å². The predicted molar refractivity (Wildman–Crippen MR) is 99.0 cm³/mol. The lowest BCUT2D eigenvalue weighted by Crippen LogP contribution is -2.15. The van der Waals surface area contributed by atoms with E-state index in [-0.39, 0.29) is 5.91 Å². The minimum absolute atomic E-state index is 0.249. The summed E-state index contributed by atoms with van der Waals surface area (Å²) in [5.41, 5.74) is 4.23. The molecule has 0 radical (unpaired) electrons. The topological polar surface area (TPSA) is 86.2 Å². The molecule has 0 unspecified atom stereocenters. The minimum atomic E-state index is -0.249. The number of amides is 1. The fourth-order valence-electron chi connectivity index (χ4n) is 3.16. The maximum atomic E-state index is 12.2. The van der Waals surface area contributed by atoms with Crippen molar-refractivity contribution in [1.29, 1.82) is 0 Å². The zero-order valence-corrected chi connectivity index (χ0v) is 15.1. The van der Waals surface area contributed by atoms with Crippen LogP contribution >= 0.6 is 11.3 Å². The van der Waals surface area contributed by atoms with E-state index in [2.05, 4.69) is 26.3 Å². The van der Waals surface area contributed by atoms with Crippen molar-refractivity contribution in [2.45, 2.75) is 18.8 Å². The summed E-state index contributed by atoms with van der Waals surface area (Å²) in [7, 11) is 1.60. The smallest absolute Gasteiger partial charge is 0.268 e. The molecule has 4 rings (SSSR count). The molecule has 1 N–H and O–H groups in total. The zero-order chi connectivity index (χ0) is 17.9. The number of hydrogen-bond donors (Lipinski definition) is 1. The van der Waals surface area contributed by atoms with E-state index in [1.54, 1.807) is 18.8 Å². The van der Waals surface area contributed by atoms with Crippen molar-refractivity contribution in [1.82, 2.24) is 15.0 Å². The molecule has 0 atom stereocenters. The van der Waals surface area contributed by atoms with Gasteiger partial charge in [-0.05, 0) is 30.4 Å². The second kappa shape index (κ2) is 7.35. The molecule has 0 bridgehead atoms. The molecule has 1 aliphatic rings. The second-order valence-corrected chi connectivity index (χ2v) is 6.90. The summed E-state index contributed by atoms with van der Waals surface area (Å²) < 4.78 is 10.9. The quantitative estimate of drug-likeness (QED) is 0.759. The molecule has 1 saturated heterocycles. The Bertz CT molecular complexity index is 924. The summed E-state index contributed by atoms with van der Waals surface area (Å²) >= 11 is 1.27. The van der Waals surface area contributed by atoms with Gasteiger partial charge in [0.1, 0.15) is 16.1 Å². The Morgan fingerprint density at radius 3 is 2.85 bits per heavy atom. The van der Waals surface area contributed by atoms with Crippen LogP contribution in [0.1, 0.15) is 34.0 Å². The number of hydrogen-bond acceptors (Lipinski definition) is 7. The van der Waals surface area contributed by atoms with Gasteiger partial charge in [0.15, 0.2) is 5.82 Å². The Morgan fingerprint density at radius 1 is 1.27 bits per heavy atom. The number of fused-ring (bicyclic) bond motifs is 1. The van der Waals surface area contributed by atoms with Gasteiger partial charge in [-0.2, -0.15) is 0 Å². The van der Waals surface area contributed by atoms with Crippen molar-refractivity contribution in [3.05, 3.63) is 40.5 Å². The molecule has 1 aromatic carbocycles. The first-order valence-corrected chi connectivity index (χ1v) is 9.25. The Labute approximate surface area is 154 Å². The highest BCUT2D eigenvalue weighted by molar-refractivity contribution is 7.11. The monoisotopic (exact) mass is 370 g/mol. The van der Waals surface area contributed by atoms with Crippen LogP contribution in [0.3, 0.4) is 0 Å². The first kappa shape index (κ1) is 16.9. The number of anilines is 1. The summed E-state index contributed by atoms with van der Waals surface area (Å²) in [6.45, 7) is 1.52. The number of nitrogens with zero attached hydrogens (tertiary/aromatic N) is 3. The van der Waals surface area contributed by atoms with Crippen LogP contribution in [-0.2, 0) is 4.74 Å². The van der Waals surface area contributed by atoms with Gasteiger partial charge in [-0.25, -0.2) is 4.98 Å². The molecule has 26 heavy (non-hydrogen) atoms. The Balaban J connectivity index is 1.70. The third-order valence-electron chi connectivity index (χ3n) is 4.47. The maximum absolute atomic E-state index is 12.2. The van der Waals surface area contributed by atoms with Crippen LogP contribution in [-0.4, -0.2) is 41.2 Å². The van der Waals surface area contributed by atoms with Crippen LogP contribution in [0.15, 0.2) is 30.0 Å². The lowest BCUT2D eigenvalue weighted by molar-refractivity contribution is 0.0855. The molecule has 1 aliphatic heterocycles. The van der Waals surface area contributed by atoms with Crippen molar-refractivity contribution < 1.29 is 14.3 Å². The fourth-order valence-corrected chi connectivity index (χ4v) is 3.68. The average Bonchev–Trinajstić information content (AvgIpc) is 3.23. The summed E-state index contributed by atoms with van der Waals surface area (Å²) in [6.07, 6.45) is 5.04. The molecule has 1 fully saturated rings. The van der Waals surface area contributed by atoms with E-state index >= 15 is 0 Å². The third-order valence-corrected chi connectivity index (χ3v) is 5.24. The first-order chi connectivity index (χ1) is 12.8. The summed E-state index contributed by atoms with van der Waals surface area (Å²) in [5.74, 6) is 1.17. The van der Waals surface area contributed by atoms with Gasteiger partial charge >= 0.3 is 0 Å². The Kier molecular flexibility index (Phi) is 4.77. The number of nitrogens with one attached hydrogen (secondary N) is 1. The SMILES string of the molecule is COc1ccc(C2CCOCC2)c2ncc(NC(=O)c3cncs3)nc12.